The molecule has 0 bridgehead atoms. The molecule has 2 aromatic heterocycles. The van der Waals surface area contributed by atoms with E-state index in [2.05, 4.69) is 9.97 Å². The van der Waals surface area contributed by atoms with Gasteiger partial charge in [0.2, 0.25) is 5.95 Å². The lowest BCUT2D eigenvalue weighted by Gasteiger charge is -2.20. The molecule has 0 aromatic carbocycles. The predicted molar refractivity (Wildman–Crippen MR) is 92.2 cm³/mol. The summed E-state index contributed by atoms with van der Waals surface area (Å²) in [5.41, 5.74) is 4.82. The highest BCUT2D eigenvalue weighted by Crippen LogP contribution is 2.32. The van der Waals surface area contributed by atoms with Gasteiger partial charge < -0.3 is 45.8 Å². The van der Waals surface area contributed by atoms with Crippen LogP contribution < -0.4 is 11.3 Å². The van der Waals surface area contributed by atoms with E-state index in [4.69, 9.17) is 15.2 Å². The fourth-order valence-corrected chi connectivity index (χ4v) is 3.63. The third-order valence-corrected chi connectivity index (χ3v) is 5.22. The largest absolute Gasteiger partial charge is 0.394 e. The lowest BCUT2D eigenvalue weighted by molar-refractivity contribution is -0.0537. The van der Waals surface area contributed by atoms with E-state index in [1.54, 1.807) is 0 Å². The zero-order chi connectivity index (χ0) is 21.0. The molecule has 0 aliphatic carbocycles. The molecule has 14 heteroatoms. The summed E-state index contributed by atoms with van der Waals surface area (Å²) in [6.45, 7) is -1.12. The molecule has 2 aliphatic heterocycles. The lowest BCUT2D eigenvalue weighted by Crippen LogP contribution is -2.37. The van der Waals surface area contributed by atoms with Gasteiger partial charge in [-0.15, -0.1) is 0 Å². The molecule has 14 nitrogen and oxygen atoms in total. The number of nitrogen functional groups attached to an aromatic ring is 1. The number of imidazole rings is 1. The van der Waals surface area contributed by atoms with E-state index in [1.807, 2.05) is 0 Å². The zero-order valence-corrected chi connectivity index (χ0v) is 14.9. The van der Waals surface area contributed by atoms with E-state index < -0.39 is 67.9 Å². The first-order valence-electron chi connectivity index (χ1n) is 8.79. The summed E-state index contributed by atoms with van der Waals surface area (Å²) in [6.07, 6.45) is -9.35. The first-order chi connectivity index (χ1) is 13.8. The van der Waals surface area contributed by atoms with Crippen LogP contribution in [0.1, 0.15) is 12.5 Å². The monoisotopic (exact) mass is 415 g/mol. The van der Waals surface area contributed by atoms with E-state index in [1.165, 1.54) is 4.57 Å². The number of aliphatic hydroxyl groups is 6. The van der Waals surface area contributed by atoms with Crippen LogP contribution >= 0.6 is 0 Å². The fourth-order valence-electron chi connectivity index (χ4n) is 3.63. The second-order valence-corrected chi connectivity index (χ2v) is 6.93. The number of anilines is 1. The van der Waals surface area contributed by atoms with Crippen LogP contribution in [0, 0.1) is 0 Å². The normalized spacial score (nSPS) is 37.6. The Kier molecular flexibility index (Phi) is 5.04. The molecule has 2 saturated heterocycles. The number of rotatable bonds is 4. The number of ether oxygens (including phenoxy) is 2. The predicted octanol–water partition coefficient (Wildman–Crippen LogP) is -4.60. The maximum absolute atomic E-state index is 12.9. The minimum Gasteiger partial charge on any atom is -0.394 e. The van der Waals surface area contributed by atoms with Crippen molar-refractivity contribution in [3.63, 3.8) is 0 Å². The van der Waals surface area contributed by atoms with Crippen LogP contribution in [0.3, 0.4) is 0 Å². The van der Waals surface area contributed by atoms with Gasteiger partial charge in [-0.25, -0.2) is 9.55 Å². The van der Waals surface area contributed by atoms with Gasteiger partial charge in [0.15, 0.2) is 23.6 Å². The Hall–Kier alpha value is -2.17. The van der Waals surface area contributed by atoms with E-state index in [9.17, 15) is 35.4 Å². The highest BCUT2D eigenvalue weighted by atomic mass is 16.6. The van der Waals surface area contributed by atoms with E-state index in [0.29, 0.717) is 0 Å². The van der Waals surface area contributed by atoms with Gasteiger partial charge in [-0.05, 0) is 0 Å². The molecule has 1 unspecified atom stereocenters. The van der Waals surface area contributed by atoms with Crippen LogP contribution in [0.4, 0.5) is 5.95 Å². The maximum Gasteiger partial charge on any atom is 0.285 e. The Morgan fingerprint density at radius 1 is 0.966 bits per heavy atom. The Bertz CT molecular complexity index is 964. The third-order valence-electron chi connectivity index (χ3n) is 5.22. The number of nitrogens with two attached hydrogens (primary N) is 1. The maximum atomic E-state index is 12.9. The van der Waals surface area contributed by atoms with Gasteiger partial charge in [0.1, 0.15) is 36.6 Å². The van der Waals surface area contributed by atoms with Crippen molar-refractivity contribution in [1.82, 2.24) is 19.1 Å². The molecule has 29 heavy (non-hydrogen) atoms. The smallest absolute Gasteiger partial charge is 0.285 e. The number of aliphatic hydroxyl groups excluding tert-OH is 6. The first-order valence-corrected chi connectivity index (χ1v) is 8.79. The Labute approximate surface area is 162 Å². The van der Waals surface area contributed by atoms with Gasteiger partial charge in [0.25, 0.3) is 5.56 Å². The lowest BCUT2D eigenvalue weighted by atomic mass is 10.1. The summed E-state index contributed by atoms with van der Waals surface area (Å²) in [4.78, 5) is 21.0. The summed E-state index contributed by atoms with van der Waals surface area (Å²) in [5, 5.41) is 58.7. The van der Waals surface area contributed by atoms with Gasteiger partial charge in [0.05, 0.1) is 19.5 Å². The summed E-state index contributed by atoms with van der Waals surface area (Å²) >= 11 is 0. The Morgan fingerprint density at radius 2 is 1.52 bits per heavy atom. The van der Waals surface area contributed by atoms with Crippen LogP contribution in [0.5, 0.6) is 0 Å². The van der Waals surface area contributed by atoms with Crippen molar-refractivity contribution in [3.8, 4) is 0 Å². The van der Waals surface area contributed by atoms with Crippen LogP contribution in [-0.4, -0.2) is 99.6 Å². The molecule has 2 aromatic rings. The van der Waals surface area contributed by atoms with Gasteiger partial charge in [-0.1, -0.05) is 0 Å². The number of nitrogens with zero attached hydrogens (tertiary/aromatic N) is 4. The van der Waals surface area contributed by atoms with Crippen molar-refractivity contribution in [2.24, 2.45) is 0 Å². The molecule has 0 saturated carbocycles. The number of fused-ring (bicyclic) bond motifs is 1. The minimum atomic E-state index is -1.55. The van der Waals surface area contributed by atoms with Crippen LogP contribution in [0.15, 0.2) is 11.1 Å². The van der Waals surface area contributed by atoms with Gasteiger partial charge in [0, 0.05) is 0 Å². The van der Waals surface area contributed by atoms with Crippen molar-refractivity contribution >= 4 is 17.1 Å². The first kappa shape index (κ1) is 20.1. The van der Waals surface area contributed by atoms with Gasteiger partial charge in [-0.2, -0.15) is 4.98 Å². The fraction of sp³-hybridized carbons (Fsp3) is 0.667. The summed E-state index contributed by atoms with van der Waals surface area (Å²) < 4.78 is 12.7. The van der Waals surface area contributed by atoms with E-state index in [0.717, 1.165) is 10.9 Å². The molecule has 2 aliphatic rings. The van der Waals surface area contributed by atoms with Crippen molar-refractivity contribution in [2.45, 2.75) is 49.1 Å². The molecule has 4 rings (SSSR count). The summed E-state index contributed by atoms with van der Waals surface area (Å²) in [5.74, 6) is -0.383. The summed E-state index contributed by atoms with van der Waals surface area (Å²) in [6, 6.07) is 0. The molecule has 160 valence electrons. The van der Waals surface area contributed by atoms with Crippen LogP contribution in [0.25, 0.3) is 11.2 Å². The van der Waals surface area contributed by atoms with Crippen LogP contribution in [-0.2, 0) is 9.47 Å². The topological polar surface area (TPSA) is 219 Å². The molecule has 8 N–H and O–H groups in total. The highest BCUT2D eigenvalue weighted by Gasteiger charge is 2.46. The molecule has 8 atom stereocenters. The minimum absolute atomic E-state index is 0.0645. The van der Waals surface area contributed by atoms with Crippen molar-refractivity contribution in [3.05, 3.63) is 16.7 Å². The van der Waals surface area contributed by atoms with E-state index >= 15 is 0 Å². The molecule has 0 amide bonds. The number of hydrogen-bond acceptors (Lipinski definition) is 12. The van der Waals surface area contributed by atoms with Crippen molar-refractivity contribution in [2.75, 3.05) is 18.9 Å². The SMILES string of the molecule is Nc1nc2c(ncn2[C@@H]2O[C@H](CO)[C@@H](O)[C@H]2O)c(=O)n1C1O[C@H](CO)[C@@H](O)[C@@H]1O. The molecular formula is C15H21N5O9. The zero-order valence-electron chi connectivity index (χ0n) is 14.9. The number of hydrogen-bond donors (Lipinski definition) is 7. The standard InChI is InChI=1S/C15H21N5O9/c16-15-18-11-6(12(27)20(15)14-10(26)8(24)5(2-22)29-14)17-3-19(11)13-9(25)7(23)4(1-21)28-13/h3-5,7-10,13-14,21-26H,1-2H2,(H2,16,18)/t4-,5-,7-,8-,9-,10+,13-,14?/m1/s1. The van der Waals surface area contributed by atoms with Crippen molar-refractivity contribution in [1.29, 1.82) is 0 Å². The van der Waals surface area contributed by atoms with Crippen LogP contribution in [0.2, 0.25) is 0 Å². The third kappa shape index (κ3) is 2.92. The van der Waals surface area contributed by atoms with Gasteiger partial charge >= 0.3 is 0 Å². The average molecular weight is 415 g/mol. The van der Waals surface area contributed by atoms with Gasteiger partial charge in [-0.3, -0.25) is 9.36 Å². The molecule has 2 fully saturated rings. The van der Waals surface area contributed by atoms with Crippen molar-refractivity contribution < 1.29 is 40.1 Å². The molecular weight excluding hydrogens is 394 g/mol. The Balaban J connectivity index is 1.76. The molecule has 4 heterocycles. The second kappa shape index (κ2) is 7.26. The Morgan fingerprint density at radius 3 is 2.07 bits per heavy atom. The molecule has 0 spiro atoms. The summed E-state index contributed by atoms with van der Waals surface area (Å²) in [7, 11) is 0. The van der Waals surface area contributed by atoms with E-state index in [-0.39, 0.29) is 17.1 Å². The average Bonchev–Trinajstić information content (AvgIpc) is 3.32. The quantitative estimate of drug-likeness (QED) is 0.251. The highest BCUT2D eigenvalue weighted by molar-refractivity contribution is 5.71. The second-order valence-electron chi connectivity index (χ2n) is 6.93. The number of aromatic nitrogens is 4. The molecule has 0 radical (unpaired) electrons.